The minimum atomic E-state index is -2.06. The molecule has 0 aliphatic carbocycles. The van der Waals surface area contributed by atoms with Crippen LogP contribution in [0.3, 0.4) is 0 Å². The van der Waals surface area contributed by atoms with Crippen LogP contribution in [0.2, 0.25) is 0 Å². The third-order valence-electron chi connectivity index (χ3n) is 2.23. The highest BCUT2D eigenvalue weighted by molar-refractivity contribution is 5.77. The summed E-state index contributed by atoms with van der Waals surface area (Å²) in [6, 6.07) is 2.83. The van der Waals surface area contributed by atoms with Gasteiger partial charge in [-0.2, -0.15) is 0 Å². The summed E-state index contributed by atoms with van der Waals surface area (Å²) in [5.41, 5.74) is 0.872. The van der Waals surface area contributed by atoms with Crippen molar-refractivity contribution in [2.24, 2.45) is 0 Å². The van der Waals surface area contributed by atoms with Crippen LogP contribution in [0.1, 0.15) is 29.8 Å². The fraction of sp³-hybridized carbons (Fsp3) is 0.417. The van der Waals surface area contributed by atoms with Crippen molar-refractivity contribution in [3.8, 4) is 0 Å². The summed E-state index contributed by atoms with van der Waals surface area (Å²) in [7, 11) is 0. The van der Waals surface area contributed by atoms with Crippen LogP contribution in [0, 0.1) is 19.7 Å². The highest BCUT2D eigenvalue weighted by Crippen LogP contribution is 2.26. The Bertz CT molecular complexity index is 379. The molecule has 0 N–H and O–H groups in total. The predicted molar refractivity (Wildman–Crippen MR) is 56.4 cm³/mol. The molecule has 0 aromatic heterocycles. The number of benzene rings is 1. The van der Waals surface area contributed by atoms with E-state index in [-0.39, 0.29) is 12.2 Å². The van der Waals surface area contributed by atoms with Gasteiger partial charge in [0.15, 0.2) is 0 Å². The van der Waals surface area contributed by atoms with Gasteiger partial charge in [-0.3, -0.25) is 0 Å². The Kier molecular flexibility index (Phi) is 3.99. The summed E-state index contributed by atoms with van der Waals surface area (Å²) < 4.78 is 31.7. The lowest BCUT2D eigenvalue weighted by Gasteiger charge is -2.12. The first kappa shape index (κ1) is 12.6. The Morgan fingerprint density at radius 1 is 1.44 bits per heavy atom. The van der Waals surface area contributed by atoms with Gasteiger partial charge in [0.25, 0.3) is 0 Å². The van der Waals surface area contributed by atoms with Gasteiger partial charge < -0.3 is 4.74 Å². The smallest absolute Gasteiger partial charge is 0.345 e. The topological polar surface area (TPSA) is 26.3 Å². The molecule has 0 spiro atoms. The number of hydrogen-bond acceptors (Lipinski definition) is 2. The molecular formula is C12H14F2O2. The second kappa shape index (κ2) is 5.05. The van der Waals surface area contributed by atoms with E-state index in [1.54, 1.807) is 26.8 Å². The van der Waals surface area contributed by atoms with Crippen molar-refractivity contribution in [2.75, 3.05) is 6.61 Å². The van der Waals surface area contributed by atoms with Crippen LogP contribution in [0.15, 0.2) is 12.1 Å². The maximum absolute atomic E-state index is 13.7. The highest BCUT2D eigenvalue weighted by atomic mass is 19.1. The van der Waals surface area contributed by atoms with E-state index in [1.807, 2.05) is 0 Å². The summed E-state index contributed by atoms with van der Waals surface area (Å²) in [5.74, 6) is -1.76. The van der Waals surface area contributed by atoms with Gasteiger partial charge in [0.1, 0.15) is 5.82 Å². The van der Waals surface area contributed by atoms with Gasteiger partial charge in [-0.15, -0.1) is 0 Å². The van der Waals surface area contributed by atoms with Crippen molar-refractivity contribution in [2.45, 2.75) is 26.9 Å². The third kappa shape index (κ3) is 2.56. The van der Waals surface area contributed by atoms with Crippen LogP contribution in [0.25, 0.3) is 0 Å². The van der Waals surface area contributed by atoms with Crippen molar-refractivity contribution in [3.05, 3.63) is 34.6 Å². The van der Waals surface area contributed by atoms with Gasteiger partial charge in [-0.1, -0.05) is 6.07 Å². The van der Waals surface area contributed by atoms with E-state index in [9.17, 15) is 13.6 Å². The Balaban J connectivity index is 3.08. The molecule has 0 bridgehead atoms. The average molecular weight is 228 g/mol. The number of ether oxygens (including phenoxy) is 1. The van der Waals surface area contributed by atoms with Crippen molar-refractivity contribution in [3.63, 3.8) is 0 Å². The molecular weight excluding hydrogens is 214 g/mol. The molecule has 88 valence electrons. The van der Waals surface area contributed by atoms with Gasteiger partial charge >= 0.3 is 5.97 Å². The molecule has 1 unspecified atom stereocenters. The minimum Gasteiger partial charge on any atom is -0.464 e. The summed E-state index contributed by atoms with van der Waals surface area (Å²) in [6.07, 6.45) is -2.06. The van der Waals surface area contributed by atoms with E-state index in [0.29, 0.717) is 11.1 Å². The lowest BCUT2D eigenvalue weighted by atomic mass is 10.0. The SMILES string of the molecule is CCOC(=O)C(F)c1c(C)cc(C)cc1F. The largest absolute Gasteiger partial charge is 0.464 e. The maximum atomic E-state index is 13.7. The van der Waals surface area contributed by atoms with Gasteiger partial charge in [-0.25, -0.2) is 13.6 Å². The molecule has 1 aromatic rings. The van der Waals surface area contributed by atoms with Gasteiger partial charge in [0.2, 0.25) is 6.17 Å². The molecule has 16 heavy (non-hydrogen) atoms. The van der Waals surface area contributed by atoms with Gasteiger partial charge in [-0.05, 0) is 38.0 Å². The molecule has 1 atom stereocenters. The molecule has 2 nitrogen and oxygen atoms in total. The van der Waals surface area contributed by atoms with Crippen LogP contribution >= 0.6 is 0 Å². The monoisotopic (exact) mass is 228 g/mol. The van der Waals surface area contributed by atoms with Crippen LogP contribution in [-0.2, 0) is 9.53 Å². The number of carbonyl (C=O) groups is 1. The Hall–Kier alpha value is -1.45. The van der Waals surface area contributed by atoms with Crippen LogP contribution in [0.5, 0.6) is 0 Å². The van der Waals surface area contributed by atoms with Crippen molar-refractivity contribution in [1.82, 2.24) is 0 Å². The molecule has 1 rings (SSSR count). The molecule has 0 amide bonds. The Labute approximate surface area is 93.2 Å². The molecule has 0 fully saturated rings. The number of rotatable bonds is 3. The van der Waals surface area contributed by atoms with E-state index in [1.165, 1.54) is 6.07 Å². The van der Waals surface area contributed by atoms with Crippen molar-refractivity contribution in [1.29, 1.82) is 0 Å². The van der Waals surface area contributed by atoms with Gasteiger partial charge in [0.05, 0.1) is 6.61 Å². The third-order valence-corrected chi connectivity index (χ3v) is 2.23. The maximum Gasteiger partial charge on any atom is 0.345 e. The van der Waals surface area contributed by atoms with Crippen LogP contribution < -0.4 is 0 Å². The summed E-state index contributed by atoms with van der Waals surface area (Å²) >= 11 is 0. The number of hydrogen-bond donors (Lipinski definition) is 0. The average Bonchev–Trinajstić information content (AvgIpc) is 2.16. The van der Waals surface area contributed by atoms with Gasteiger partial charge in [0, 0.05) is 5.56 Å². The fourth-order valence-electron chi connectivity index (χ4n) is 1.58. The second-order valence-electron chi connectivity index (χ2n) is 3.59. The predicted octanol–water partition coefficient (Wildman–Crippen LogP) is 3.02. The fourth-order valence-corrected chi connectivity index (χ4v) is 1.58. The van der Waals surface area contributed by atoms with Crippen LogP contribution in [0.4, 0.5) is 8.78 Å². The van der Waals surface area contributed by atoms with Crippen molar-refractivity contribution < 1.29 is 18.3 Å². The number of alkyl halides is 1. The second-order valence-corrected chi connectivity index (χ2v) is 3.59. The quantitative estimate of drug-likeness (QED) is 0.743. The lowest BCUT2D eigenvalue weighted by Crippen LogP contribution is -2.14. The molecule has 0 saturated heterocycles. The Morgan fingerprint density at radius 2 is 2.06 bits per heavy atom. The molecule has 1 aromatic carbocycles. The first-order valence-corrected chi connectivity index (χ1v) is 5.04. The highest BCUT2D eigenvalue weighted by Gasteiger charge is 2.26. The Morgan fingerprint density at radius 3 is 2.56 bits per heavy atom. The number of carbonyl (C=O) groups excluding carboxylic acids is 1. The molecule has 0 heterocycles. The summed E-state index contributed by atoms with van der Waals surface area (Å²) in [4.78, 5) is 11.2. The number of halogens is 2. The number of esters is 1. The standard InChI is InChI=1S/C12H14F2O2/c1-4-16-12(15)11(14)10-8(3)5-7(2)6-9(10)13/h5-6,11H,4H2,1-3H3. The molecule has 0 aliphatic heterocycles. The molecule has 0 saturated carbocycles. The molecule has 0 radical (unpaired) electrons. The minimum absolute atomic E-state index is 0.0752. The zero-order valence-electron chi connectivity index (χ0n) is 9.51. The van der Waals surface area contributed by atoms with E-state index in [0.717, 1.165) is 0 Å². The first-order chi connectivity index (χ1) is 7.47. The van der Waals surface area contributed by atoms with E-state index in [2.05, 4.69) is 4.74 Å². The van der Waals surface area contributed by atoms with Crippen molar-refractivity contribution >= 4 is 5.97 Å². The lowest BCUT2D eigenvalue weighted by molar-refractivity contribution is -0.149. The van der Waals surface area contributed by atoms with Crippen LogP contribution in [-0.4, -0.2) is 12.6 Å². The summed E-state index contributed by atoms with van der Waals surface area (Å²) in [5, 5.41) is 0. The van der Waals surface area contributed by atoms with E-state index in [4.69, 9.17) is 0 Å². The normalized spacial score (nSPS) is 12.3. The van der Waals surface area contributed by atoms with E-state index < -0.39 is 18.0 Å². The zero-order chi connectivity index (χ0) is 12.3. The molecule has 4 heteroatoms. The zero-order valence-corrected chi connectivity index (χ0v) is 9.51. The summed E-state index contributed by atoms with van der Waals surface area (Å²) in [6.45, 7) is 4.92. The van der Waals surface area contributed by atoms with E-state index >= 15 is 0 Å². The molecule has 0 aliphatic rings. The number of aryl methyl sites for hydroxylation is 2. The first-order valence-electron chi connectivity index (χ1n) is 5.04.